The summed E-state index contributed by atoms with van der Waals surface area (Å²) in [6, 6.07) is 0. The number of hydrogen-bond acceptors (Lipinski definition) is 1. The molecule has 1 unspecified atom stereocenters. The fourth-order valence-electron chi connectivity index (χ4n) is 1.87. The Morgan fingerprint density at radius 1 is 0.833 bits per heavy atom. The fourth-order valence-corrected chi connectivity index (χ4v) is 1.87. The van der Waals surface area contributed by atoms with Gasteiger partial charge in [0.1, 0.15) is 0 Å². The number of aliphatic hydroxyl groups excluding tert-OH is 1. The van der Waals surface area contributed by atoms with E-state index in [4.69, 9.17) is 5.11 Å². The van der Waals surface area contributed by atoms with Gasteiger partial charge in [0.25, 0.3) is 0 Å². The molecule has 0 saturated heterocycles. The van der Waals surface area contributed by atoms with Crippen molar-refractivity contribution in [2.75, 3.05) is 0 Å². The van der Waals surface area contributed by atoms with Gasteiger partial charge in [0.15, 0.2) is 0 Å². The zero-order valence-electron chi connectivity index (χ0n) is 9.17. The lowest BCUT2D eigenvalue weighted by Gasteiger charge is -2.25. The Hall–Kier alpha value is -0.0400. The second kappa shape index (κ2) is 5.58. The van der Waals surface area contributed by atoms with Crippen LogP contribution in [0.5, 0.6) is 0 Å². The smallest absolute Gasteiger partial charge is 0.0512 e. The van der Waals surface area contributed by atoms with Crippen molar-refractivity contribution in [1.82, 2.24) is 0 Å². The maximum Gasteiger partial charge on any atom is 0.0512 e. The Morgan fingerprint density at radius 2 is 1.25 bits per heavy atom. The zero-order valence-corrected chi connectivity index (χ0v) is 9.17. The van der Waals surface area contributed by atoms with Gasteiger partial charge in [-0.1, -0.05) is 27.7 Å². The van der Waals surface area contributed by atoms with E-state index in [1.165, 1.54) is 0 Å². The summed E-state index contributed by atoms with van der Waals surface area (Å²) >= 11 is 0. The van der Waals surface area contributed by atoms with Crippen LogP contribution in [0.1, 0.15) is 47.5 Å². The third kappa shape index (κ3) is 4.76. The molecule has 0 aliphatic rings. The lowest BCUT2D eigenvalue weighted by atomic mass is 9.82. The quantitative estimate of drug-likeness (QED) is 0.675. The van der Waals surface area contributed by atoms with Crippen LogP contribution in [0.4, 0.5) is 0 Å². The van der Waals surface area contributed by atoms with Gasteiger partial charge in [0, 0.05) is 0 Å². The van der Waals surface area contributed by atoms with Crippen LogP contribution >= 0.6 is 0 Å². The SMILES string of the molecule is CC(O)CCC(C(C)C)C(C)C. The normalized spacial score (nSPS) is 14.8. The number of aliphatic hydroxyl groups is 1. The van der Waals surface area contributed by atoms with E-state index in [0.717, 1.165) is 30.6 Å². The highest BCUT2D eigenvalue weighted by Crippen LogP contribution is 2.25. The molecule has 0 radical (unpaired) electrons. The first-order chi connectivity index (χ1) is 5.45. The molecular formula is C11H24O. The van der Waals surface area contributed by atoms with Gasteiger partial charge in [0.05, 0.1) is 6.10 Å². The van der Waals surface area contributed by atoms with Crippen LogP contribution in [-0.4, -0.2) is 11.2 Å². The van der Waals surface area contributed by atoms with Crippen molar-refractivity contribution < 1.29 is 5.11 Å². The third-order valence-electron chi connectivity index (χ3n) is 2.63. The van der Waals surface area contributed by atoms with E-state index in [0.29, 0.717) is 0 Å². The first-order valence-corrected chi connectivity index (χ1v) is 5.13. The molecule has 1 nitrogen and oxygen atoms in total. The molecule has 0 spiro atoms. The molecule has 0 bridgehead atoms. The molecule has 0 aromatic heterocycles. The number of hydrogen-bond donors (Lipinski definition) is 1. The second-order valence-corrected chi connectivity index (χ2v) is 4.58. The van der Waals surface area contributed by atoms with E-state index < -0.39 is 0 Å². The maximum atomic E-state index is 9.16. The molecule has 1 N–H and O–H groups in total. The highest BCUT2D eigenvalue weighted by Gasteiger charge is 2.17. The fraction of sp³-hybridized carbons (Fsp3) is 1.00. The summed E-state index contributed by atoms with van der Waals surface area (Å²) in [5, 5.41) is 9.16. The molecule has 0 aromatic rings. The van der Waals surface area contributed by atoms with Gasteiger partial charge in [-0.25, -0.2) is 0 Å². The van der Waals surface area contributed by atoms with Gasteiger partial charge in [-0.05, 0) is 37.5 Å². The molecule has 0 saturated carbocycles. The van der Waals surface area contributed by atoms with Crippen LogP contribution in [-0.2, 0) is 0 Å². The van der Waals surface area contributed by atoms with E-state index in [-0.39, 0.29) is 6.10 Å². The molecule has 12 heavy (non-hydrogen) atoms. The molecule has 0 amide bonds. The monoisotopic (exact) mass is 172 g/mol. The Morgan fingerprint density at radius 3 is 1.50 bits per heavy atom. The van der Waals surface area contributed by atoms with Crippen molar-refractivity contribution in [1.29, 1.82) is 0 Å². The van der Waals surface area contributed by atoms with Crippen molar-refractivity contribution in [2.45, 2.75) is 53.6 Å². The first-order valence-electron chi connectivity index (χ1n) is 5.13. The minimum atomic E-state index is -0.134. The van der Waals surface area contributed by atoms with Crippen molar-refractivity contribution in [2.24, 2.45) is 17.8 Å². The van der Waals surface area contributed by atoms with Gasteiger partial charge in [0.2, 0.25) is 0 Å². The third-order valence-corrected chi connectivity index (χ3v) is 2.63. The van der Waals surface area contributed by atoms with E-state index in [1.54, 1.807) is 0 Å². The van der Waals surface area contributed by atoms with Crippen molar-refractivity contribution in [3.05, 3.63) is 0 Å². The topological polar surface area (TPSA) is 20.2 Å². The van der Waals surface area contributed by atoms with Crippen LogP contribution in [0.2, 0.25) is 0 Å². The van der Waals surface area contributed by atoms with Gasteiger partial charge in [-0.15, -0.1) is 0 Å². The molecule has 0 heterocycles. The molecular weight excluding hydrogens is 148 g/mol. The Kier molecular flexibility index (Phi) is 5.56. The van der Waals surface area contributed by atoms with Gasteiger partial charge >= 0.3 is 0 Å². The largest absolute Gasteiger partial charge is 0.393 e. The summed E-state index contributed by atoms with van der Waals surface area (Å²) < 4.78 is 0. The summed E-state index contributed by atoms with van der Waals surface area (Å²) in [7, 11) is 0. The van der Waals surface area contributed by atoms with Crippen LogP contribution in [0.25, 0.3) is 0 Å². The lowest BCUT2D eigenvalue weighted by Crippen LogP contribution is -2.17. The predicted octanol–water partition coefficient (Wildman–Crippen LogP) is 3.08. The number of rotatable bonds is 5. The maximum absolute atomic E-state index is 9.16. The van der Waals surface area contributed by atoms with E-state index in [1.807, 2.05) is 6.92 Å². The first kappa shape index (κ1) is 12.0. The Bertz CT molecular complexity index is 97.6. The average Bonchev–Trinajstić information content (AvgIpc) is 1.84. The van der Waals surface area contributed by atoms with E-state index >= 15 is 0 Å². The average molecular weight is 172 g/mol. The summed E-state index contributed by atoms with van der Waals surface area (Å²) in [5.41, 5.74) is 0. The zero-order chi connectivity index (χ0) is 9.72. The van der Waals surface area contributed by atoms with Crippen LogP contribution in [0, 0.1) is 17.8 Å². The molecule has 0 aliphatic carbocycles. The Balaban J connectivity index is 3.80. The van der Waals surface area contributed by atoms with Crippen LogP contribution in [0.3, 0.4) is 0 Å². The lowest BCUT2D eigenvalue weighted by molar-refractivity contribution is 0.155. The molecule has 0 aliphatic heterocycles. The summed E-state index contributed by atoms with van der Waals surface area (Å²) in [5.74, 6) is 2.24. The van der Waals surface area contributed by atoms with Crippen LogP contribution < -0.4 is 0 Å². The van der Waals surface area contributed by atoms with Crippen molar-refractivity contribution in [3.63, 3.8) is 0 Å². The van der Waals surface area contributed by atoms with Gasteiger partial charge in [-0.3, -0.25) is 0 Å². The molecule has 1 atom stereocenters. The molecule has 1 heteroatoms. The summed E-state index contributed by atoms with van der Waals surface area (Å²) in [6.45, 7) is 11.0. The highest BCUT2D eigenvalue weighted by molar-refractivity contribution is 4.67. The highest BCUT2D eigenvalue weighted by atomic mass is 16.3. The summed E-state index contributed by atoms with van der Waals surface area (Å²) in [6.07, 6.45) is 1.97. The van der Waals surface area contributed by atoms with Crippen LogP contribution in [0.15, 0.2) is 0 Å². The standard InChI is InChI=1S/C11H24O/c1-8(2)11(9(3)4)7-6-10(5)12/h8-12H,6-7H2,1-5H3. The second-order valence-electron chi connectivity index (χ2n) is 4.58. The van der Waals surface area contributed by atoms with Gasteiger partial charge in [-0.2, -0.15) is 0 Å². The van der Waals surface area contributed by atoms with E-state index in [9.17, 15) is 0 Å². The molecule has 0 aromatic carbocycles. The molecule has 74 valence electrons. The molecule has 0 fully saturated rings. The molecule has 0 rings (SSSR count). The van der Waals surface area contributed by atoms with Crippen molar-refractivity contribution >= 4 is 0 Å². The predicted molar refractivity (Wildman–Crippen MR) is 54.1 cm³/mol. The minimum absolute atomic E-state index is 0.134. The minimum Gasteiger partial charge on any atom is -0.393 e. The van der Waals surface area contributed by atoms with E-state index in [2.05, 4.69) is 27.7 Å². The van der Waals surface area contributed by atoms with Crippen molar-refractivity contribution in [3.8, 4) is 0 Å². The Labute approximate surface area is 77.2 Å². The summed E-state index contributed by atoms with van der Waals surface area (Å²) in [4.78, 5) is 0. The van der Waals surface area contributed by atoms with Gasteiger partial charge < -0.3 is 5.11 Å².